The molecule has 0 unspecified atom stereocenters. The van der Waals surface area contributed by atoms with E-state index in [1.807, 2.05) is 30.5 Å². The van der Waals surface area contributed by atoms with Crippen LogP contribution >= 0.6 is 24.0 Å². The van der Waals surface area contributed by atoms with Gasteiger partial charge in [0, 0.05) is 23.0 Å². The summed E-state index contributed by atoms with van der Waals surface area (Å²) in [5.41, 5.74) is 3.23. The van der Waals surface area contributed by atoms with Crippen molar-refractivity contribution in [3.63, 3.8) is 0 Å². The number of benzene rings is 1. The molecule has 1 aliphatic heterocycles. The molecule has 1 atom stereocenters. The number of rotatable bonds is 1. The predicted molar refractivity (Wildman–Crippen MR) is 85.1 cm³/mol. The van der Waals surface area contributed by atoms with Gasteiger partial charge in [0.25, 0.3) is 0 Å². The highest BCUT2D eigenvalue weighted by Crippen LogP contribution is 2.31. The van der Waals surface area contributed by atoms with Crippen LogP contribution in [0.25, 0.3) is 10.9 Å². The average Bonchev–Trinajstić information content (AvgIpc) is 2.82. The Kier molecular flexibility index (Phi) is 3.43. The summed E-state index contributed by atoms with van der Waals surface area (Å²) in [4.78, 5) is 16.7. The molecule has 0 aliphatic carbocycles. The summed E-state index contributed by atoms with van der Waals surface area (Å²) < 4.78 is 0.627. The van der Waals surface area contributed by atoms with E-state index in [1.54, 1.807) is 4.90 Å². The largest absolute Gasteiger partial charge is 0.480 e. The monoisotopic (exact) mass is 306 g/mol. The molecule has 0 amide bonds. The van der Waals surface area contributed by atoms with Crippen molar-refractivity contribution in [2.75, 3.05) is 6.26 Å². The van der Waals surface area contributed by atoms with Crippen molar-refractivity contribution in [1.82, 2.24) is 9.88 Å². The van der Waals surface area contributed by atoms with E-state index in [2.05, 4.69) is 4.98 Å². The molecule has 0 bridgehead atoms. The third-order valence-corrected chi connectivity index (χ3v) is 5.02. The Labute approximate surface area is 126 Å². The van der Waals surface area contributed by atoms with E-state index in [0.29, 0.717) is 17.3 Å². The molecule has 6 heteroatoms. The SMILES string of the molecule is CSC(=S)N1Cc2[nH]c3ccccc3c2C[C@@H]1C(=O)O. The first-order valence-electron chi connectivity index (χ1n) is 6.27. The molecular weight excluding hydrogens is 292 g/mol. The number of nitrogens with one attached hydrogen (secondary N) is 1. The number of hydrogen-bond donors (Lipinski definition) is 2. The normalized spacial score (nSPS) is 18.1. The fourth-order valence-corrected chi connectivity index (χ4v) is 3.36. The Bertz CT molecular complexity index is 696. The fraction of sp³-hybridized carbons (Fsp3) is 0.286. The number of aliphatic carboxylic acids is 1. The summed E-state index contributed by atoms with van der Waals surface area (Å²) in [6, 6.07) is 7.42. The minimum absolute atomic E-state index is 0.482. The number of carboxylic acid groups (broad SMARTS) is 1. The predicted octanol–water partition coefficient (Wildman–Crippen LogP) is 2.63. The van der Waals surface area contributed by atoms with Gasteiger partial charge in [0.05, 0.1) is 6.54 Å². The molecule has 1 aromatic heterocycles. The van der Waals surface area contributed by atoms with Crippen LogP contribution in [0.2, 0.25) is 0 Å². The van der Waals surface area contributed by atoms with Crippen molar-refractivity contribution in [3.05, 3.63) is 35.5 Å². The number of aromatic nitrogens is 1. The zero-order valence-electron chi connectivity index (χ0n) is 10.9. The van der Waals surface area contributed by atoms with E-state index in [1.165, 1.54) is 11.8 Å². The molecule has 104 valence electrons. The summed E-state index contributed by atoms with van der Waals surface area (Å²) in [5.74, 6) is -0.822. The van der Waals surface area contributed by atoms with Gasteiger partial charge in [-0.1, -0.05) is 30.4 Å². The lowest BCUT2D eigenvalue weighted by Gasteiger charge is -2.34. The molecule has 1 aliphatic rings. The van der Waals surface area contributed by atoms with Crippen molar-refractivity contribution < 1.29 is 9.90 Å². The van der Waals surface area contributed by atoms with Gasteiger partial charge in [-0.2, -0.15) is 0 Å². The first-order chi connectivity index (χ1) is 9.61. The summed E-state index contributed by atoms with van der Waals surface area (Å²) in [6.07, 6.45) is 2.36. The van der Waals surface area contributed by atoms with Crippen LogP contribution in [0.5, 0.6) is 0 Å². The zero-order valence-corrected chi connectivity index (χ0v) is 12.6. The van der Waals surface area contributed by atoms with Crippen LogP contribution in [-0.4, -0.2) is 37.6 Å². The molecule has 0 radical (unpaired) electrons. The number of carbonyl (C=O) groups is 1. The number of carboxylic acids is 1. The van der Waals surface area contributed by atoms with E-state index < -0.39 is 12.0 Å². The zero-order chi connectivity index (χ0) is 14.3. The summed E-state index contributed by atoms with van der Waals surface area (Å²) in [6.45, 7) is 0.528. The summed E-state index contributed by atoms with van der Waals surface area (Å²) in [7, 11) is 0. The highest BCUT2D eigenvalue weighted by molar-refractivity contribution is 8.22. The Morgan fingerprint density at radius 1 is 1.50 bits per heavy atom. The smallest absolute Gasteiger partial charge is 0.326 e. The minimum Gasteiger partial charge on any atom is -0.480 e. The van der Waals surface area contributed by atoms with E-state index in [-0.39, 0.29) is 0 Å². The van der Waals surface area contributed by atoms with Crippen LogP contribution in [0.15, 0.2) is 24.3 Å². The molecule has 0 fully saturated rings. The fourth-order valence-electron chi connectivity index (χ4n) is 2.74. The molecular formula is C14H14N2O2S2. The van der Waals surface area contributed by atoms with Gasteiger partial charge in [-0.05, 0) is 17.9 Å². The lowest BCUT2D eigenvalue weighted by atomic mass is 9.97. The van der Waals surface area contributed by atoms with Gasteiger partial charge in [0.15, 0.2) is 0 Å². The molecule has 3 rings (SSSR count). The van der Waals surface area contributed by atoms with E-state index >= 15 is 0 Å². The number of H-pyrrole nitrogens is 1. The van der Waals surface area contributed by atoms with E-state index in [4.69, 9.17) is 12.2 Å². The Morgan fingerprint density at radius 2 is 2.25 bits per heavy atom. The lowest BCUT2D eigenvalue weighted by molar-refractivity contribution is -0.142. The molecule has 2 aromatic rings. The number of thioether (sulfide) groups is 1. The van der Waals surface area contributed by atoms with Gasteiger partial charge in [-0.25, -0.2) is 4.79 Å². The standard InChI is InChI=1S/C14H14N2O2S2/c1-20-14(19)16-7-11-9(6-12(16)13(17)18)8-4-2-3-5-10(8)15-11/h2-5,12,15H,6-7H2,1H3,(H,17,18)/t12-/m1/s1. The maximum absolute atomic E-state index is 11.5. The van der Waals surface area contributed by atoms with Gasteiger partial charge in [-0.3, -0.25) is 0 Å². The van der Waals surface area contributed by atoms with Crippen LogP contribution in [-0.2, 0) is 17.8 Å². The molecule has 4 nitrogen and oxygen atoms in total. The van der Waals surface area contributed by atoms with Gasteiger partial charge < -0.3 is 15.0 Å². The summed E-state index contributed by atoms with van der Waals surface area (Å²) >= 11 is 6.71. The molecule has 0 saturated heterocycles. The van der Waals surface area contributed by atoms with Crippen LogP contribution < -0.4 is 0 Å². The van der Waals surface area contributed by atoms with Gasteiger partial charge in [-0.15, -0.1) is 11.8 Å². The van der Waals surface area contributed by atoms with E-state index in [9.17, 15) is 9.90 Å². The van der Waals surface area contributed by atoms with Crippen molar-refractivity contribution >= 4 is 45.2 Å². The van der Waals surface area contributed by atoms with Gasteiger partial charge in [0.1, 0.15) is 10.4 Å². The molecule has 20 heavy (non-hydrogen) atoms. The third kappa shape index (κ3) is 2.09. The Hall–Kier alpha value is -1.53. The first kappa shape index (κ1) is 13.5. The first-order valence-corrected chi connectivity index (χ1v) is 7.91. The highest BCUT2D eigenvalue weighted by Gasteiger charge is 2.34. The second kappa shape index (κ2) is 5.10. The number of fused-ring (bicyclic) bond motifs is 3. The second-order valence-corrected chi connectivity index (χ2v) is 6.22. The van der Waals surface area contributed by atoms with Crippen molar-refractivity contribution in [1.29, 1.82) is 0 Å². The molecule has 2 heterocycles. The lowest BCUT2D eigenvalue weighted by Crippen LogP contribution is -2.47. The topological polar surface area (TPSA) is 56.3 Å². The number of thiocarbonyl (C=S) groups is 1. The Balaban J connectivity index is 2.08. The molecule has 0 saturated carbocycles. The van der Waals surface area contributed by atoms with Crippen LogP contribution in [0.4, 0.5) is 0 Å². The van der Waals surface area contributed by atoms with Crippen molar-refractivity contribution in [2.24, 2.45) is 0 Å². The van der Waals surface area contributed by atoms with E-state index in [0.717, 1.165) is 22.2 Å². The van der Waals surface area contributed by atoms with Crippen LogP contribution in [0, 0.1) is 0 Å². The molecule has 2 N–H and O–H groups in total. The molecule has 0 spiro atoms. The van der Waals surface area contributed by atoms with Crippen LogP contribution in [0.3, 0.4) is 0 Å². The number of para-hydroxylation sites is 1. The minimum atomic E-state index is -0.822. The quantitative estimate of drug-likeness (QED) is 0.793. The summed E-state index contributed by atoms with van der Waals surface area (Å²) in [5, 5.41) is 10.6. The van der Waals surface area contributed by atoms with Crippen molar-refractivity contribution in [3.8, 4) is 0 Å². The number of aromatic amines is 1. The highest BCUT2D eigenvalue weighted by atomic mass is 32.2. The number of hydrogen-bond acceptors (Lipinski definition) is 3. The average molecular weight is 306 g/mol. The van der Waals surface area contributed by atoms with Crippen molar-refractivity contribution in [2.45, 2.75) is 19.0 Å². The van der Waals surface area contributed by atoms with Gasteiger partial charge in [0.2, 0.25) is 0 Å². The maximum atomic E-state index is 11.5. The number of nitrogens with zero attached hydrogens (tertiary/aromatic N) is 1. The molecule has 1 aromatic carbocycles. The third-order valence-electron chi connectivity index (χ3n) is 3.70. The maximum Gasteiger partial charge on any atom is 0.326 e. The Morgan fingerprint density at radius 3 is 2.95 bits per heavy atom. The second-order valence-electron chi connectivity index (χ2n) is 4.78. The van der Waals surface area contributed by atoms with Crippen LogP contribution in [0.1, 0.15) is 11.3 Å². The van der Waals surface area contributed by atoms with Gasteiger partial charge >= 0.3 is 5.97 Å².